The number of carbonyl (C=O) groups excluding carboxylic acids is 1. The second kappa shape index (κ2) is 9.38. The van der Waals surface area contributed by atoms with E-state index >= 15 is 0 Å². The van der Waals surface area contributed by atoms with Gasteiger partial charge in [0.15, 0.2) is 0 Å². The van der Waals surface area contributed by atoms with Crippen LogP contribution in [-0.2, 0) is 14.8 Å². The van der Waals surface area contributed by atoms with Gasteiger partial charge in [0.25, 0.3) is 0 Å². The molecule has 8 heteroatoms. The summed E-state index contributed by atoms with van der Waals surface area (Å²) in [5.74, 6) is 0.601. The largest absolute Gasteiger partial charge is 0.495 e. The van der Waals surface area contributed by atoms with Gasteiger partial charge in [0.1, 0.15) is 11.5 Å². The van der Waals surface area contributed by atoms with Crippen LogP contribution in [0.4, 0.5) is 5.69 Å². The van der Waals surface area contributed by atoms with E-state index in [1.807, 2.05) is 31.2 Å². The summed E-state index contributed by atoms with van der Waals surface area (Å²) in [6.45, 7) is 2.40. The Labute approximate surface area is 165 Å². The topological polar surface area (TPSA) is 84.9 Å². The number of sulfonamides is 1. The fourth-order valence-corrected chi connectivity index (χ4v) is 3.33. The summed E-state index contributed by atoms with van der Waals surface area (Å²) in [6, 6.07) is 11.6. The molecule has 150 valence electrons. The van der Waals surface area contributed by atoms with Crippen LogP contribution in [0.3, 0.4) is 0 Å². The van der Waals surface area contributed by atoms with E-state index < -0.39 is 15.9 Å². The minimum absolute atomic E-state index is 0.0549. The molecule has 0 unspecified atom stereocenters. The fourth-order valence-electron chi connectivity index (χ4n) is 2.40. The number of carbonyl (C=O) groups is 1. The Bertz CT molecular complexity index is 968. The smallest absolute Gasteiger partial charge is 0.248 e. The Kier molecular flexibility index (Phi) is 7.19. The zero-order valence-electron chi connectivity index (χ0n) is 16.3. The molecule has 0 heterocycles. The van der Waals surface area contributed by atoms with Crippen LogP contribution in [0.25, 0.3) is 6.08 Å². The van der Waals surface area contributed by atoms with Crippen molar-refractivity contribution in [2.75, 3.05) is 33.1 Å². The van der Waals surface area contributed by atoms with Crippen LogP contribution in [-0.4, -0.2) is 46.4 Å². The molecule has 2 aromatic rings. The van der Waals surface area contributed by atoms with E-state index in [0.717, 1.165) is 9.87 Å². The van der Waals surface area contributed by atoms with Gasteiger partial charge in [0.2, 0.25) is 15.9 Å². The molecule has 0 aromatic heterocycles. The average Bonchev–Trinajstić information content (AvgIpc) is 2.67. The molecule has 0 spiro atoms. The molecule has 0 aliphatic heterocycles. The SMILES string of the molecule is CCOc1ccccc1/C=C/C(=O)Nc1cc(S(=O)(=O)N(C)C)ccc1OC. The van der Waals surface area contributed by atoms with Crippen LogP contribution in [0.2, 0.25) is 0 Å². The number of hydrogen-bond acceptors (Lipinski definition) is 5. The normalized spacial score (nSPS) is 11.6. The van der Waals surface area contributed by atoms with Gasteiger partial charge in [0, 0.05) is 25.7 Å². The molecule has 0 saturated heterocycles. The number of rotatable bonds is 8. The maximum absolute atomic E-state index is 12.4. The zero-order valence-corrected chi connectivity index (χ0v) is 17.1. The molecule has 1 amide bonds. The quantitative estimate of drug-likeness (QED) is 0.684. The highest BCUT2D eigenvalue weighted by Gasteiger charge is 2.19. The van der Waals surface area contributed by atoms with Crippen molar-refractivity contribution < 1.29 is 22.7 Å². The van der Waals surface area contributed by atoms with Gasteiger partial charge in [-0.25, -0.2) is 12.7 Å². The van der Waals surface area contributed by atoms with Crippen molar-refractivity contribution in [3.8, 4) is 11.5 Å². The maximum Gasteiger partial charge on any atom is 0.248 e. The molecule has 0 atom stereocenters. The molecule has 28 heavy (non-hydrogen) atoms. The molecule has 7 nitrogen and oxygen atoms in total. The molecule has 0 aliphatic rings. The molecule has 0 fully saturated rings. The van der Waals surface area contributed by atoms with E-state index in [4.69, 9.17) is 9.47 Å². The third kappa shape index (κ3) is 5.11. The standard InChI is InChI=1S/C20H24N2O5S/c1-5-27-18-9-7-6-8-15(18)10-13-20(23)21-17-14-16(11-12-19(17)26-4)28(24,25)22(2)3/h6-14H,5H2,1-4H3,(H,21,23)/b13-10+. The predicted molar refractivity (Wildman–Crippen MR) is 109 cm³/mol. The molecule has 0 aliphatic carbocycles. The van der Waals surface area contributed by atoms with Gasteiger partial charge in [-0.1, -0.05) is 18.2 Å². The predicted octanol–water partition coefficient (Wildman–Crippen LogP) is 3.00. The highest BCUT2D eigenvalue weighted by atomic mass is 32.2. The number of amides is 1. The monoisotopic (exact) mass is 404 g/mol. The Balaban J connectivity index is 2.26. The second-order valence-corrected chi connectivity index (χ2v) is 8.09. The first-order valence-corrected chi connectivity index (χ1v) is 10.0. The Hall–Kier alpha value is -2.84. The second-order valence-electron chi connectivity index (χ2n) is 5.94. The number of nitrogens with zero attached hydrogens (tertiary/aromatic N) is 1. The number of anilines is 1. The van der Waals surface area contributed by atoms with Crippen LogP contribution < -0.4 is 14.8 Å². The molecule has 2 rings (SSSR count). The minimum Gasteiger partial charge on any atom is -0.495 e. The van der Waals surface area contributed by atoms with Gasteiger partial charge in [0.05, 0.1) is 24.3 Å². The maximum atomic E-state index is 12.4. The highest BCUT2D eigenvalue weighted by molar-refractivity contribution is 7.89. The fraction of sp³-hybridized carbons (Fsp3) is 0.250. The van der Waals surface area contributed by atoms with Crippen LogP contribution in [0.5, 0.6) is 11.5 Å². The first-order valence-electron chi connectivity index (χ1n) is 8.61. The Morgan fingerprint density at radius 3 is 2.50 bits per heavy atom. The number of hydrogen-bond donors (Lipinski definition) is 1. The first kappa shape index (κ1) is 21.5. The third-order valence-electron chi connectivity index (χ3n) is 3.84. The lowest BCUT2D eigenvalue weighted by molar-refractivity contribution is -0.111. The summed E-state index contributed by atoms with van der Waals surface area (Å²) < 4.78 is 36.5. The average molecular weight is 404 g/mol. The lowest BCUT2D eigenvalue weighted by Gasteiger charge is -2.14. The summed E-state index contributed by atoms with van der Waals surface area (Å²) in [4.78, 5) is 12.4. The van der Waals surface area contributed by atoms with E-state index in [2.05, 4.69) is 5.32 Å². The lowest BCUT2D eigenvalue weighted by Crippen LogP contribution is -2.22. The van der Waals surface area contributed by atoms with Gasteiger partial charge < -0.3 is 14.8 Å². The Morgan fingerprint density at radius 1 is 1.14 bits per heavy atom. The first-order chi connectivity index (χ1) is 13.3. The van der Waals surface area contributed by atoms with Gasteiger partial charge in [-0.15, -0.1) is 0 Å². The zero-order chi connectivity index (χ0) is 20.7. The van der Waals surface area contributed by atoms with Gasteiger partial charge >= 0.3 is 0 Å². The molecular weight excluding hydrogens is 380 g/mol. The lowest BCUT2D eigenvalue weighted by atomic mass is 10.2. The molecular formula is C20H24N2O5S. The number of nitrogens with one attached hydrogen (secondary N) is 1. The van der Waals surface area contributed by atoms with E-state index in [-0.39, 0.29) is 10.6 Å². The molecule has 2 aromatic carbocycles. The number of para-hydroxylation sites is 1. The van der Waals surface area contributed by atoms with Crippen molar-refractivity contribution in [2.45, 2.75) is 11.8 Å². The van der Waals surface area contributed by atoms with Crippen molar-refractivity contribution in [2.24, 2.45) is 0 Å². The highest BCUT2D eigenvalue weighted by Crippen LogP contribution is 2.28. The minimum atomic E-state index is -3.64. The van der Waals surface area contributed by atoms with Crippen molar-refractivity contribution in [1.82, 2.24) is 4.31 Å². The van der Waals surface area contributed by atoms with Crippen LogP contribution in [0.15, 0.2) is 53.4 Å². The summed E-state index contributed by atoms with van der Waals surface area (Å²) in [5.41, 5.74) is 1.02. The van der Waals surface area contributed by atoms with E-state index in [1.54, 1.807) is 6.08 Å². The summed E-state index contributed by atoms with van der Waals surface area (Å²) in [7, 11) is 0.690. The number of benzene rings is 2. The van der Waals surface area contributed by atoms with Crippen molar-refractivity contribution in [3.05, 3.63) is 54.1 Å². The molecule has 0 saturated carbocycles. The van der Waals surface area contributed by atoms with Crippen LogP contribution >= 0.6 is 0 Å². The molecule has 0 radical (unpaired) electrons. The van der Waals surface area contributed by atoms with E-state index in [1.165, 1.54) is 45.5 Å². The molecule has 1 N–H and O–H groups in total. The van der Waals surface area contributed by atoms with Crippen molar-refractivity contribution >= 4 is 27.7 Å². The Morgan fingerprint density at radius 2 is 1.86 bits per heavy atom. The summed E-state index contributed by atoms with van der Waals surface area (Å²) >= 11 is 0. The number of ether oxygens (including phenoxy) is 2. The van der Waals surface area contributed by atoms with E-state index in [9.17, 15) is 13.2 Å². The van der Waals surface area contributed by atoms with Crippen LogP contribution in [0.1, 0.15) is 12.5 Å². The third-order valence-corrected chi connectivity index (χ3v) is 5.65. The van der Waals surface area contributed by atoms with Gasteiger partial charge in [-0.05, 0) is 37.3 Å². The van der Waals surface area contributed by atoms with Crippen LogP contribution in [0, 0.1) is 0 Å². The van der Waals surface area contributed by atoms with Gasteiger partial charge in [-0.2, -0.15) is 0 Å². The summed E-state index contributed by atoms with van der Waals surface area (Å²) in [6.07, 6.45) is 2.98. The molecule has 0 bridgehead atoms. The van der Waals surface area contributed by atoms with Crippen molar-refractivity contribution in [3.63, 3.8) is 0 Å². The van der Waals surface area contributed by atoms with Gasteiger partial charge in [-0.3, -0.25) is 4.79 Å². The van der Waals surface area contributed by atoms with Crippen molar-refractivity contribution in [1.29, 1.82) is 0 Å². The van der Waals surface area contributed by atoms with E-state index in [0.29, 0.717) is 18.1 Å². The number of methoxy groups -OCH3 is 1. The summed E-state index contributed by atoms with van der Waals surface area (Å²) in [5, 5.41) is 2.66.